The number of benzene rings is 1. The molecule has 1 aliphatic heterocycles. The van der Waals surface area contributed by atoms with Crippen LogP contribution in [0.15, 0.2) is 29.3 Å². The summed E-state index contributed by atoms with van der Waals surface area (Å²) in [6, 6.07) is 9.59. The van der Waals surface area contributed by atoms with Crippen molar-refractivity contribution < 1.29 is 4.74 Å². The molecule has 3 rings (SSSR count). The van der Waals surface area contributed by atoms with Crippen LogP contribution >= 0.6 is 0 Å². The molecule has 1 aromatic carbocycles. The molecule has 0 radical (unpaired) electrons. The maximum atomic E-state index is 6.10. The molecule has 2 fully saturated rings. The number of aliphatic imine (C=N–C) groups is 1. The van der Waals surface area contributed by atoms with E-state index in [4.69, 9.17) is 9.73 Å². The van der Waals surface area contributed by atoms with Crippen LogP contribution in [0.2, 0.25) is 0 Å². The summed E-state index contributed by atoms with van der Waals surface area (Å²) in [6.45, 7) is 12.2. The second kappa shape index (κ2) is 8.96. The number of nitrogens with zero attached hydrogens (tertiary/aromatic N) is 2. The Balaban J connectivity index is 1.59. The first-order valence-corrected chi connectivity index (χ1v) is 10.5. The Labute approximate surface area is 164 Å². The van der Waals surface area contributed by atoms with E-state index in [1.165, 1.54) is 38.8 Å². The van der Waals surface area contributed by atoms with Gasteiger partial charge in [0, 0.05) is 37.3 Å². The van der Waals surface area contributed by atoms with Crippen molar-refractivity contribution in [2.24, 2.45) is 4.99 Å². The summed E-state index contributed by atoms with van der Waals surface area (Å²) < 4.78 is 6.10. The first kappa shape index (κ1) is 20.0. The van der Waals surface area contributed by atoms with Crippen LogP contribution in [0.25, 0.3) is 0 Å². The molecular weight excluding hydrogens is 336 g/mol. The molecule has 0 atom stereocenters. The zero-order valence-corrected chi connectivity index (χ0v) is 17.4. The highest BCUT2D eigenvalue weighted by atomic mass is 16.5. The van der Waals surface area contributed by atoms with E-state index in [9.17, 15) is 0 Å². The SMILES string of the molecule is CCNC(=NCc1ccccc1OC(C)(C)C)NC1CCN(C2CC2)CC1. The van der Waals surface area contributed by atoms with Crippen LogP contribution in [-0.2, 0) is 6.54 Å². The minimum Gasteiger partial charge on any atom is -0.488 e. The molecule has 0 amide bonds. The van der Waals surface area contributed by atoms with Gasteiger partial charge in [0.05, 0.1) is 6.54 Å². The van der Waals surface area contributed by atoms with Gasteiger partial charge >= 0.3 is 0 Å². The Bertz CT molecular complexity index is 625. The van der Waals surface area contributed by atoms with E-state index >= 15 is 0 Å². The summed E-state index contributed by atoms with van der Waals surface area (Å²) in [5.74, 6) is 1.83. The molecule has 0 aromatic heterocycles. The lowest BCUT2D eigenvalue weighted by Gasteiger charge is -2.33. The third-order valence-electron chi connectivity index (χ3n) is 5.07. The Hall–Kier alpha value is -1.75. The summed E-state index contributed by atoms with van der Waals surface area (Å²) in [4.78, 5) is 7.49. The Morgan fingerprint density at radius 1 is 1.15 bits per heavy atom. The maximum Gasteiger partial charge on any atom is 0.191 e. The highest BCUT2D eigenvalue weighted by Gasteiger charge is 2.31. The molecular formula is C22H36N4O. The molecule has 150 valence electrons. The van der Waals surface area contributed by atoms with Crippen molar-refractivity contribution >= 4 is 5.96 Å². The fourth-order valence-electron chi connectivity index (χ4n) is 3.59. The highest BCUT2D eigenvalue weighted by molar-refractivity contribution is 5.80. The second-order valence-electron chi connectivity index (χ2n) is 8.70. The van der Waals surface area contributed by atoms with E-state index in [2.05, 4.69) is 49.3 Å². The zero-order chi connectivity index (χ0) is 19.3. The summed E-state index contributed by atoms with van der Waals surface area (Å²) in [6.07, 6.45) is 5.20. The Morgan fingerprint density at radius 3 is 2.48 bits per heavy atom. The molecule has 1 saturated heterocycles. The third-order valence-corrected chi connectivity index (χ3v) is 5.07. The molecule has 0 spiro atoms. The van der Waals surface area contributed by atoms with Crippen molar-refractivity contribution in [2.75, 3.05) is 19.6 Å². The van der Waals surface area contributed by atoms with Crippen molar-refractivity contribution in [1.82, 2.24) is 15.5 Å². The molecule has 1 aliphatic carbocycles. The van der Waals surface area contributed by atoms with Gasteiger partial charge in [-0.3, -0.25) is 0 Å². The quantitative estimate of drug-likeness (QED) is 0.592. The van der Waals surface area contributed by atoms with Gasteiger partial charge in [-0.05, 0) is 59.4 Å². The first-order valence-electron chi connectivity index (χ1n) is 10.5. The van der Waals surface area contributed by atoms with E-state index in [1.54, 1.807) is 0 Å². The number of hydrogen-bond acceptors (Lipinski definition) is 3. The molecule has 1 saturated carbocycles. The minimum atomic E-state index is -0.210. The summed E-state index contributed by atoms with van der Waals surface area (Å²) in [5, 5.41) is 7.04. The number of nitrogens with one attached hydrogen (secondary N) is 2. The summed E-state index contributed by atoms with van der Waals surface area (Å²) in [7, 11) is 0. The van der Waals surface area contributed by atoms with Gasteiger partial charge in [-0.25, -0.2) is 4.99 Å². The number of hydrogen-bond donors (Lipinski definition) is 2. The predicted molar refractivity (Wildman–Crippen MR) is 112 cm³/mol. The lowest BCUT2D eigenvalue weighted by Crippen LogP contribution is -2.49. The average Bonchev–Trinajstić information content (AvgIpc) is 3.45. The molecule has 2 N–H and O–H groups in total. The van der Waals surface area contributed by atoms with Crippen LogP contribution < -0.4 is 15.4 Å². The number of piperidine rings is 1. The molecule has 5 heteroatoms. The van der Waals surface area contributed by atoms with Crippen molar-refractivity contribution in [3.63, 3.8) is 0 Å². The van der Waals surface area contributed by atoms with Crippen molar-refractivity contribution in [3.8, 4) is 5.75 Å². The molecule has 0 unspecified atom stereocenters. The standard InChI is InChI=1S/C22H36N4O/c1-5-23-21(25-18-12-14-26(15-13-18)19-10-11-19)24-16-17-8-6-7-9-20(17)27-22(2,3)4/h6-9,18-19H,5,10-16H2,1-4H3,(H2,23,24,25). The predicted octanol–water partition coefficient (Wildman–Crippen LogP) is 3.55. The van der Waals surface area contributed by atoms with Crippen LogP contribution in [0.5, 0.6) is 5.75 Å². The monoisotopic (exact) mass is 372 g/mol. The van der Waals surface area contributed by atoms with Crippen LogP contribution in [0.3, 0.4) is 0 Å². The van der Waals surface area contributed by atoms with E-state index in [1.807, 2.05) is 18.2 Å². The maximum absolute atomic E-state index is 6.10. The summed E-state index contributed by atoms with van der Waals surface area (Å²) in [5.41, 5.74) is 0.908. The lowest BCUT2D eigenvalue weighted by molar-refractivity contribution is 0.129. The van der Waals surface area contributed by atoms with Crippen LogP contribution in [0, 0.1) is 0 Å². The van der Waals surface area contributed by atoms with Crippen LogP contribution in [0.4, 0.5) is 0 Å². The molecule has 27 heavy (non-hydrogen) atoms. The molecule has 1 aromatic rings. The average molecular weight is 373 g/mol. The van der Waals surface area contributed by atoms with E-state index in [0.29, 0.717) is 12.6 Å². The van der Waals surface area contributed by atoms with Gasteiger partial charge in [0.15, 0.2) is 5.96 Å². The fourth-order valence-corrected chi connectivity index (χ4v) is 3.59. The normalized spacial score (nSPS) is 19.8. The van der Waals surface area contributed by atoms with Gasteiger partial charge in [0.25, 0.3) is 0 Å². The van der Waals surface area contributed by atoms with Gasteiger partial charge < -0.3 is 20.3 Å². The summed E-state index contributed by atoms with van der Waals surface area (Å²) >= 11 is 0. The van der Waals surface area contributed by atoms with Crippen LogP contribution in [-0.4, -0.2) is 48.2 Å². The first-order chi connectivity index (χ1) is 12.9. The van der Waals surface area contributed by atoms with Gasteiger partial charge in [-0.2, -0.15) is 0 Å². The number of rotatable bonds is 6. The largest absolute Gasteiger partial charge is 0.488 e. The van der Waals surface area contributed by atoms with Gasteiger partial charge in [0.2, 0.25) is 0 Å². The van der Waals surface area contributed by atoms with Crippen molar-refractivity contribution in [3.05, 3.63) is 29.8 Å². The van der Waals surface area contributed by atoms with Crippen molar-refractivity contribution in [2.45, 2.75) is 77.6 Å². The van der Waals surface area contributed by atoms with E-state index < -0.39 is 0 Å². The van der Waals surface area contributed by atoms with Gasteiger partial charge in [-0.15, -0.1) is 0 Å². The smallest absolute Gasteiger partial charge is 0.191 e. The van der Waals surface area contributed by atoms with Crippen LogP contribution in [0.1, 0.15) is 58.9 Å². The lowest BCUT2D eigenvalue weighted by atomic mass is 10.1. The van der Waals surface area contributed by atoms with E-state index in [0.717, 1.165) is 29.9 Å². The second-order valence-corrected chi connectivity index (χ2v) is 8.70. The minimum absolute atomic E-state index is 0.210. The van der Waals surface area contributed by atoms with E-state index in [-0.39, 0.29) is 5.60 Å². The number of ether oxygens (including phenoxy) is 1. The Morgan fingerprint density at radius 2 is 1.85 bits per heavy atom. The molecule has 2 aliphatic rings. The van der Waals surface area contributed by atoms with Gasteiger partial charge in [-0.1, -0.05) is 18.2 Å². The molecule has 1 heterocycles. The number of guanidine groups is 1. The number of likely N-dealkylation sites (tertiary alicyclic amines) is 1. The van der Waals surface area contributed by atoms with Gasteiger partial charge in [0.1, 0.15) is 11.4 Å². The molecule has 0 bridgehead atoms. The molecule has 5 nitrogen and oxygen atoms in total. The number of para-hydroxylation sites is 1. The Kier molecular flexibility index (Phi) is 6.64. The zero-order valence-electron chi connectivity index (χ0n) is 17.4. The topological polar surface area (TPSA) is 48.9 Å². The fraction of sp³-hybridized carbons (Fsp3) is 0.682. The highest BCUT2D eigenvalue weighted by Crippen LogP contribution is 2.29. The van der Waals surface area contributed by atoms with Crippen molar-refractivity contribution in [1.29, 1.82) is 0 Å². The third kappa shape index (κ3) is 6.42.